The van der Waals surface area contributed by atoms with Crippen molar-refractivity contribution in [1.82, 2.24) is 0 Å². The number of ether oxygens (including phenoxy) is 2. The van der Waals surface area contributed by atoms with Crippen molar-refractivity contribution in [2.45, 2.75) is 39.2 Å². The summed E-state index contributed by atoms with van der Waals surface area (Å²) in [6.45, 7) is 5.01. The quantitative estimate of drug-likeness (QED) is 0.671. The summed E-state index contributed by atoms with van der Waals surface area (Å²) in [4.78, 5) is 0. The van der Waals surface area contributed by atoms with Crippen molar-refractivity contribution < 1.29 is 9.47 Å². The summed E-state index contributed by atoms with van der Waals surface area (Å²) in [7, 11) is 1.68. The molecule has 0 aliphatic carbocycles. The van der Waals surface area contributed by atoms with Gasteiger partial charge in [-0.25, -0.2) is 0 Å². The lowest BCUT2D eigenvalue weighted by Crippen LogP contribution is -2.21. The van der Waals surface area contributed by atoms with Gasteiger partial charge in [-0.1, -0.05) is 19.9 Å². The zero-order valence-corrected chi connectivity index (χ0v) is 13.7. The van der Waals surface area contributed by atoms with Crippen LogP contribution in [0.2, 0.25) is 0 Å². The Morgan fingerprint density at radius 3 is 2.70 bits per heavy atom. The zero-order chi connectivity index (χ0) is 14.8. The minimum atomic E-state index is 0.206. The van der Waals surface area contributed by atoms with Crippen molar-refractivity contribution in [2.75, 3.05) is 25.2 Å². The molecule has 0 heterocycles. The summed E-state index contributed by atoms with van der Waals surface area (Å²) < 4.78 is 11.2. The number of hydrogen-bond acceptors (Lipinski definition) is 4. The highest BCUT2D eigenvalue weighted by atomic mass is 32.2. The van der Waals surface area contributed by atoms with Gasteiger partial charge in [-0.3, -0.25) is 0 Å². The van der Waals surface area contributed by atoms with Crippen molar-refractivity contribution >= 4 is 11.8 Å². The van der Waals surface area contributed by atoms with Gasteiger partial charge in [0.25, 0.3) is 0 Å². The molecule has 1 aromatic carbocycles. The SMILES string of the molecule is CCSCCCOc1ccc(CC(N)CC)cc1OC. The molecule has 20 heavy (non-hydrogen) atoms. The van der Waals surface area contributed by atoms with E-state index in [0.29, 0.717) is 0 Å². The van der Waals surface area contributed by atoms with E-state index in [-0.39, 0.29) is 6.04 Å². The zero-order valence-electron chi connectivity index (χ0n) is 12.9. The number of hydrogen-bond donors (Lipinski definition) is 1. The Hall–Kier alpha value is -0.870. The van der Waals surface area contributed by atoms with Gasteiger partial charge in [0.2, 0.25) is 0 Å². The van der Waals surface area contributed by atoms with E-state index >= 15 is 0 Å². The Morgan fingerprint density at radius 2 is 2.05 bits per heavy atom. The van der Waals surface area contributed by atoms with Crippen LogP contribution in [-0.2, 0) is 6.42 Å². The fourth-order valence-corrected chi connectivity index (χ4v) is 2.50. The second-order valence-corrected chi connectivity index (χ2v) is 6.15. The Balaban J connectivity index is 2.54. The molecular formula is C16H27NO2S. The molecule has 0 bridgehead atoms. The van der Waals surface area contributed by atoms with E-state index in [9.17, 15) is 0 Å². The molecule has 0 amide bonds. The maximum Gasteiger partial charge on any atom is 0.161 e. The largest absolute Gasteiger partial charge is 0.493 e. The minimum absolute atomic E-state index is 0.206. The molecule has 0 aromatic heterocycles. The molecular weight excluding hydrogens is 270 g/mol. The van der Waals surface area contributed by atoms with Crippen molar-refractivity contribution in [3.8, 4) is 11.5 Å². The van der Waals surface area contributed by atoms with Crippen LogP contribution in [0.4, 0.5) is 0 Å². The van der Waals surface area contributed by atoms with Crippen LogP contribution in [0.3, 0.4) is 0 Å². The van der Waals surface area contributed by atoms with Crippen LogP contribution in [0.15, 0.2) is 18.2 Å². The average molecular weight is 297 g/mol. The molecule has 0 radical (unpaired) electrons. The number of nitrogens with two attached hydrogens (primary N) is 1. The highest BCUT2D eigenvalue weighted by molar-refractivity contribution is 7.99. The first-order valence-corrected chi connectivity index (χ1v) is 8.49. The van der Waals surface area contributed by atoms with E-state index in [1.54, 1.807) is 7.11 Å². The molecule has 1 rings (SSSR count). The topological polar surface area (TPSA) is 44.5 Å². The standard InChI is InChI=1S/C16H27NO2S/c1-4-14(17)11-13-7-8-15(16(12-13)18-3)19-9-6-10-20-5-2/h7-8,12,14H,4-6,9-11,17H2,1-3H3. The van der Waals surface area contributed by atoms with Gasteiger partial charge in [0.15, 0.2) is 11.5 Å². The summed E-state index contributed by atoms with van der Waals surface area (Å²) in [6, 6.07) is 6.31. The lowest BCUT2D eigenvalue weighted by molar-refractivity contribution is 0.295. The van der Waals surface area contributed by atoms with E-state index in [0.717, 1.165) is 48.9 Å². The third-order valence-electron chi connectivity index (χ3n) is 3.15. The number of thioether (sulfide) groups is 1. The lowest BCUT2D eigenvalue weighted by Gasteiger charge is -2.14. The van der Waals surface area contributed by atoms with Gasteiger partial charge in [0, 0.05) is 6.04 Å². The summed E-state index contributed by atoms with van der Waals surface area (Å²) in [5.41, 5.74) is 7.19. The van der Waals surface area contributed by atoms with Crippen LogP contribution in [0, 0.1) is 0 Å². The smallest absolute Gasteiger partial charge is 0.161 e. The third kappa shape index (κ3) is 6.06. The molecule has 0 saturated heterocycles. The van der Waals surface area contributed by atoms with Crippen LogP contribution in [0.5, 0.6) is 11.5 Å². The molecule has 1 atom stereocenters. The first-order chi connectivity index (χ1) is 9.71. The molecule has 4 heteroatoms. The molecule has 2 N–H and O–H groups in total. The average Bonchev–Trinajstić information content (AvgIpc) is 2.47. The van der Waals surface area contributed by atoms with Gasteiger partial charge in [0.1, 0.15) is 0 Å². The van der Waals surface area contributed by atoms with Gasteiger partial charge >= 0.3 is 0 Å². The van der Waals surface area contributed by atoms with Crippen molar-refractivity contribution in [1.29, 1.82) is 0 Å². The second-order valence-electron chi connectivity index (χ2n) is 4.76. The first-order valence-electron chi connectivity index (χ1n) is 7.34. The molecule has 1 unspecified atom stereocenters. The Kier molecular flexibility index (Phi) is 8.54. The van der Waals surface area contributed by atoms with E-state index in [1.807, 2.05) is 23.9 Å². The van der Waals surface area contributed by atoms with Crippen LogP contribution in [0.25, 0.3) is 0 Å². The molecule has 0 aliphatic rings. The lowest BCUT2D eigenvalue weighted by atomic mass is 10.0. The van der Waals surface area contributed by atoms with E-state index in [1.165, 1.54) is 5.56 Å². The fraction of sp³-hybridized carbons (Fsp3) is 0.625. The highest BCUT2D eigenvalue weighted by Gasteiger charge is 2.08. The van der Waals surface area contributed by atoms with E-state index in [2.05, 4.69) is 19.9 Å². The van der Waals surface area contributed by atoms with Crippen molar-refractivity contribution in [3.63, 3.8) is 0 Å². The number of methoxy groups -OCH3 is 1. The third-order valence-corrected chi connectivity index (χ3v) is 4.13. The van der Waals surface area contributed by atoms with Crippen molar-refractivity contribution in [2.24, 2.45) is 5.73 Å². The van der Waals surface area contributed by atoms with Crippen LogP contribution < -0.4 is 15.2 Å². The van der Waals surface area contributed by atoms with E-state index < -0.39 is 0 Å². The maximum atomic E-state index is 5.99. The fourth-order valence-electron chi connectivity index (χ4n) is 1.89. The normalized spacial score (nSPS) is 12.2. The number of rotatable bonds is 10. The Labute approximate surface area is 127 Å². The summed E-state index contributed by atoms with van der Waals surface area (Å²) in [5.74, 6) is 3.93. The molecule has 0 spiro atoms. The summed E-state index contributed by atoms with van der Waals surface area (Å²) in [5, 5.41) is 0. The highest BCUT2D eigenvalue weighted by Crippen LogP contribution is 2.28. The Bertz CT molecular complexity index is 385. The van der Waals surface area contributed by atoms with Gasteiger partial charge < -0.3 is 15.2 Å². The van der Waals surface area contributed by atoms with E-state index in [4.69, 9.17) is 15.2 Å². The van der Waals surface area contributed by atoms with Gasteiger partial charge in [0.05, 0.1) is 13.7 Å². The molecule has 3 nitrogen and oxygen atoms in total. The first kappa shape index (κ1) is 17.2. The van der Waals surface area contributed by atoms with Gasteiger partial charge in [-0.2, -0.15) is 11.8 Å². The number of benzene rings is 1. The van der Waals surface area contributed by atoms with Crippen LogP contribution in [0.1, 0.15) is 32.3 Å². The molecule has 0 aliphatic heterocycles. The minimum Gasteiger partial charge on any atom is -0.493 e. The molecule has 1 aromatic rings. The van der Waals surface area contributed by atoms with Crippen LogP contribution >= 0.6 is 11.8 Å². The predicted octanol–water partition coefficient (Wildman–Crippen LogP) is 3.50. The molecule has 0 saturated carbocycles. The summed E-state index contributed by atoms with van der Waals surface area (Å²) in [6.07, 6.45) is 2.92. The second kappa shape index (κ2) is 9.94. The summed E-state index contributed by atoms with van der Waals surface area (Å²) >= 11 is 1.94. The Morgan fingerprint density at radius 1 is 1.25 bits per heavy atom. The molecule has 0 fully saturated rings. The van der Waals surface area contributed by atoms with Crippen LogP contribution in [-0.4, -0.2) is 31.3 Å². The van der Waals surface area contributed by atoms with Crippen molar-refractivity contribution in [3.05, 3.63) is 23.8 Å². The van der Waals surface area contributed by atoms with Gasteiger partial charge in [-0.05, 0) is 48.5 Å². The maximum absolute atomic E-state index is 5.99. The monoisotopic (exact) mass is 297 g/mol. The van der Waals surface area contributed by atoms with Gasteiger partial charge in [-0.15, -0.1) is 0 Å². The molecule has 114 valence electrons. The predicted molar refractivity (Wildman–Crippen MR) is 88.1 cm³/mol.